The number of methoxy groups -OCH3 is 1. The van der Waals surface area contributed by atoms with Crippen LogP contribution in [0.3, 0.4) is 0 Å². The number of carbonyl (C=O) groups excluding carboxylic acids is 3. The van der Waals surface area contributed by atoms with Crippen molar-refractivity contribution in [1.29, 1.82) is 0 Å². The maximum atomic E-state index is 11.9. The zero-order chi connectivity index (χ0) is 22.4. The number of aromatic nitrogens is 1. The van der Waals surface area contributed by atoms with Crippen LogP contribution < -0.4 is 4.57 Å². The Morgan fingerprint density at radius 2 is 2.00 bits per heavy atom. The van der Waals surface area contributed by atoms with E-state index in [1.165, 1.54) is 29.8 Å². The average molecular weight is 426 g/mol. The van der Waals surface area contributed by atoms with Crippen molar-refractivity contribution in [3.8, 4) is 0 Å². The zero-order valence-corrected chi connectivity index (χ0v) is 16.7. The third kappa shape index (κ3) is 5.74. The molecule has 1 fully saturated rings. The molecule has 11 nitrogen and oxygen atoms in total. The van der Waals surface area contributed by atoms with E-state index in [0.29, 0.717) is 0 Å². The van der Waals surface area contributed by atoms with Gasteiger partial charge in [0.1, 0.15) is 18.3 Å². The van der Waals surface area contributed by atoms with Crippen LogP contribution in [0.15, 0.2) is 24.5 Å². The summed E-state index contributed by atoms with van der Waals surface area (Å²) in [4.78, 5) is 45.8. The molecular formula is C19H24NO10+. The molecule has 0 aliphatic carbocycles. The number of aliphatic hydroxyl groups is 1. The van der Waals surface area contributed by atoms with E-state index in [2.05, 4.69) is 4.74 Å². The summed E-state index contributed by atoms with van der Waals surface area (Å²) >= 11 is 0. The molecule has 0 spiro atoms. The number of carbonyl (C=O) groups is 4. The Morgan fingerprint density at radius 1 is 1.30 bits per heavy atom. The average Bonchev–Trinajstić information content (AvgIpc) is 3.01. The molecule has 1 aromatic heterocycles. The number of rotatable bonds is 8. The van der Waals surface area contributed by atoms with E-state index in [4.69, 9.17) is 14.2 Å². The molecule has 0 bridgehead atoms. The molecule has 1 aliphatic heterocycles. The summed E-state index contributed by atoms with van der Waals surface area (Å²) < 4.78 is 22.1. The van der Waals surface area contributed by atoms with Crippen LogP contribution in [0.25, 0.3) is 0 Å². The lowest BCUT2D eigenvalue weighted by Gasteiger charge is -2.18. The highest BCUT2D eigenvalue weighted by molar-refractivity contribution is 5.86. The summed E-state index contributed by atoms with van der Waals surface area (Å²) in [5, 5.41) is 18.9. The molecule has 0 radical (unpaired) electrons. The van der Waals surface area contributed by atoms with E-state index in [1.807, 2.05) is 0 Å². The van der Waals surface area contributed by atoms with Crippen LogP contribution in [-0.2, 0) is 33.3 Å². The number of pyridine rings is 1. The summed E-state index contributed by atoms with van der Waals surface area (Å²) in [5.41, 5.74) is 0.0103. The second-order valence-electron chi connectivity index (χ2n) is 6.77. The number of ether oxygens (including phenoxy) is 4. The molecule has 2 heterocycles. The second kappa shape index (κ2) is 10.1. The third-order valence-electron chi connectivity index (χ3n) is 4.61. The first-order valence-corrected chi connectivity index (χ1v) is 9.12. The Kier molecular flexibility index (Phi) is 7.84. The Hall–Kier alpha value is -3.05. The van der Waals surface area contributed by atoms with Crippen LogP contribution in [0.5, 0.6) is 0 Å². The first-order valence-electron chi connectivity index (χ1n) is 9.12. The molecule has 1 saturated heterocycles. The van der Waals surface area contributed by atoms with Gasteiger partial charge in [0.2, 0.25) is 0 Å². The van der Waals surface area contributed by atoms with Gasteiger partial charge in [0, 0.05) is 18.9 Å². The van der Waals surface area contributed by atoms with Crippen molar-refractivity contribution < 1.29 is 52.9 Å². The maximum Gasteiger partial charge on any atom is 0.341 e. The lowest BCUT2D eigenvalue weighted by molar-refractivity contribution is -0.765. The molecule has 0 saturated carbocycles. The molecule has 0 aromatic carbocycles. The number of carboxylic acid groups (broad SMARTS) is 1. The number of esters is 3. The largest absolute Gasteiger partial charge is 0.477 e. The SMILES string of the molecule is COC(=O)C[C@H](O)C(=O)OC[C@H]1O[C@@H]([n+]2cccc(C(=O)O)c2)C(OC(C)=O)[C@@H]1C. The molecule has 164 valence electrons. The third-order valence-corrected chi connectivity index (χ3v) is 4.61. The summed E-state index contributed by atoms with van der Waals surface area (Å²) in [6, 6.07) is 2.92. The Morgan fingerprint density at radius 3 is 2.60 bits per heavy atom. The van der Waals surface area contributed by atoms with Crippen LogP contribution >= 0.6 is 0 Å². The predicted octanol–water partition coefficient (Wildman–Crippen LogP) is -0.395. The fourth-order valence-electron chi connectivity index (χ4n) is 3.00. The summed E-state index contributed by atoms with van der Waals surface area (Å²) in [7, 11) is 1.13. The molecule has 5 atom stereocenters. The van der Waals surface area contributed by atoms with Gasteiger partial charge in [0.05, 0.1) is 13.5 Å². The van der Waals surface area contributed by atoms with Gasteiger partial charge in [-0.05, 0) is 6.07 Å². The van der Waals surface area contributed by atoms with Crippen molar-refractivity contribution in [1.82, 2.24) is 0 Å². The summed E-state index contributed by atoms with van der Waals surface area (Å²) in [6.45, 7) is 2.68. The minimum atomic E-state index is -1.68. The van der Waals surface area contributed by atoms with Crippen molar-refractivity contribution in [3.63, 3.8) is 0 Å². The van der Waals surface area contributed by atoms with Gasteiger partial charge in [-0.2, -0.15) is 4.57 Å². The molecule has 2 N–H and O–H groups in total. The Bertz CT molecular complexity index is 810. The number of aliphatic hydroxyl groups excluding tert-OH is 1. The number of hydrogen-bond acceptors (Lipinski definition) is 9. The van der Waals surface area contributed by atoms with Crippen LogP contribution in [0.2, 0.25) is 0 Å². The lowest BCUT2D eigenvalue weighted by Crippen LogP contribution is -2.46. The quantitative estimate of drug-likeness (QED) is 0.319. The molecule has 2 rings (SSSR count). The van der Waals surface area contributed by atoms with E-state index in [0.717, 1.165) is 7.11 Å². The van der Waals surface area contributed by atoms with Crippen LogP contribution in [-0.4, -0.2) is 66.1 Å². The Labute approximate surface area is 172 Å². The van der Waals surface area contributed by atoms with E-state index in [9.17, 15) is 29.4 Å². The normalized spacial score (nSPS) is 24.0. The number of carboxylic acids is 1. The number of aromatic carboxylic acids is 1. The van der Waals surface area contributed by atoms with Crippen molar-refractivity contribution in [2.45, 2.75) is 44.8 Å². The summed E-state index contributed by atoms with van der Waals surface area (Å²) in [5.74, 6) is -3.91. The standard InChI is InChI=1S/C19H23NO10/c1-10-14(9-28-19(26)13(22)7-15(23)27-3)30-17(16(10)29-11(2)21)20-6-4-5-12(8-20)18(24)25/h4-6,8,10,13-14,16-17,22H,7,9H2,1-3H3/p+1/t10-,13+,14-,16?,17-/m1/s1. The van der Waals surface area contributed by atoms with Gasteiger partial charge in [0.15, 0.2) is 24.6 Å². The highest BCUT2D eigenvalue weighted by Crippen LogP contribution is 2.33. The monoisotopic (exact) mass is 426 g/mol. The van der Waals surface area contributed by atoms with Gasteiger partial charge < -0.3 is 29.2 Å². The van der Waals surface area contributed by atoms with Crippen LogP contribution in [0.4, 0.5) is 0 Å². The topological polar surface area (TPSA) is 150 Å². The van der Waals surface area contributed by atoms with E-state index in [1.54, 1.807) is 13.1 Å². The van der Waals surface area contributed by atoms with Gasteiger partial charge in [-0.15, -0.1) is 0 Å². The zero-order valence-electron chi connectivity index (χ0n) is 16.7. The minimum Gasteiger partial charge on any atom is -0.477 e. The first kappa shape index (κ1) is 23.2. The highest BCUT2D eigenvalue weighted by Gasteiger charge is 2.50. The van der Waals surface area contributed by atoms with Crippen molar-refractivity contribution >= 4 is 23.9 Å². The van der Waals surface area contributed by atoms with Crippen molar-refractivity contribution in [2.24, 2.45) is 5.92 Å². The molecule has 11 heteroatoms. The van der Waals surface area contributed by atoms with Crippen LogP contribution in [0.1, 0.15) is 36.9 Å². The minimum absolute atomic E-state index is 0.0103. The first-order chi connectivity index (χ1) is 14.1. The predicted molar refractivity (Wildman–Crippen MR) is 95.8 cm³/mol. The van der Waals surface area contributed by atoms with E-state index in [-0.39, 0.29) is 12.2 Å². The van der Waals surface area contributed by atoms with Crippen molar-refractivity contribution in [3.05, 3.63) is 30.1 Å². The molecule has 1 unspecified atom stereocenters. The molecule has 0 amide bonds. The van der Waals surface area contributed by atoms with E-state index < -0.39 is 60.8 Å². The lowest BCUT2D eigenvalue weighted by atomic mass is 10.0. The number of hydrogen-bond donors (Lipinski definition) is 2. The van der Waals surface area contributed by atoms with Gasteiger partial charge in [-0.1, -0.05) is 6.92 Å². The van der Waals surface area contributed by atoms with Gasteiger partial charge in [-0.25, -0.2) is 9.59 Å². The highest BCUT2D eigenvalue weighted by atomic mass is 16.6. The van der Waals surface area contributed by atoms with Gasteiger partial charge in [0.25, 0.3) is 0 Å². The molecule has 1 aliphatic rings. The van der Waals surface area contributed by atoms with Gasteiger partial charge in [-0.3, -0.25) is 9.59 Å². The second-order valence-corrected chi connectivity index (χ2v) is 6.77. The van der Waals surface area contributed by atoms with Crippen molar-refractivity contribution in [2.75, 3.05) is 13.7 Å². The maximum absolute atomic E-state index is 11.9. The molecular weight excluding hydrogens is 402 g/mol. The van der Waals surface area contributed by atoms with E-state index >= 15 is 0 Å². The Balaban J connectivity index is 2.12. The van der Waals surface area contributed by atoms with Crippen LogP contribution in [0, 0.1) is 5.92 Å². The molecule has 30 heavy (non-hydrogen) atoms. The smallest absolute Gasteiger partial charge is 0.341 e. The summed E-state index contributed by atoms with van der Waals surface area (Å²) in [6.07, 6.45) is -1.68. The molecule has 1 aromatic rings. The number of nitrogens with zero attached hydrogens (tertiary/aromatic N) is 1. The fraction of sp³-hybridized carbons (Fsp3) is 0.526. The van der Waals surface area contributed by atoms with Gasteiger partial charge >= 0.3 is 30.1 Å². The fourth-order valence-corrected chi connectivity index (χ4v) is 3.00.